The number of nitrogens with one attached hydrogen (secondary N) is 2. The summed E-state index contributed by atoms with van der Waals surface area (Å²) in [6, 6.07) is 4.94. The molecule has 40 heavy (non-hydrogen) atoms. The lowest BCUT2D eigenvalue weighted by atomic mass is 9.99. The molecule has 0 radical (unpaired) electrons. The standard InChI is InChI=1S/C28H31F4IN4O2Si/c1-7-9-36-27(38)17-12-16(11-15-8-10-35-26(34)23(15)31)22(30)24(32)25(17)37-20-14-21(19(33)13-18(20)29)39-40(5,6)28(2,3)4/h7-8,10,12-14,37H,1,9,11H2,2-6H3,(H2,34,35)(H,36,38). The van der Waals surface area contributed by atoms with Crippen LogP contribution >= 0.6 is 22.6 Å². The van der Waals surface area contributed by atoms with E-state index in [0.717, 1.165) is 6.07 Å². The maximum absolute atomic E-state index is 15.6. The fourth-order valence-corrected chi connectivity index (χ4v) is 5.25. The molecular weight excluding hydrogens is 655 g/mol. The molecule has 0 unspecified atom stereocenters. The van der Waals surface area contributed by atoms with Gasteiger partial charge in [0.15, 0.2) is 23.3 Å². The molecule has 1 amide bonds. The summed E-state index contributed by atoms with van der Waals surface area (Å²) in [4.78, 5) is 16.6. The third-order valence-electron chi connectivity index (χ3n) is 6.76. The molecule has 12 heteroatoms. The third-order valence-corrected chi connectivity index (χ3v) is 11.9. The molecule has 0 aliphatic carbocycles. The average Bonchev–Trinajstić information content (AvgIpc) is 2.86. The number of nitrogen functional groups attached to an aromatic ring is 1. The Balaban J connectivity index is 2.12. The Bertz CT molecular complexity index is 1460. The average molecular weight is 687 g/mol. The minimum Gasteiger partial charge on any atom is -0.543 e. The van der Waals surface area contributed by atoms with E-state index in [1.807, 2.05) is 35.7 Å². The van der Waals surface area contributed by atoms with Crippen molar-refractivity contribution in [1.82, 2.24) is 10.3 Å². The molecule has 0 saturated heterocycles. The van der Waals surface area contributed by atoms with Gasteiger partial charge in [-0.15, -0.1) is 6.58 Å². The van der Waals surface area contributed by atoms with Gasteiger partial charge in [-0.2, -0.15) is 0 Å². The minimum atomic E-state index is -2.33. The number of carbonyl (C=O) groups excluding carboxylic acids is 1. The first-order valence-electron chi connectivity index (χ1n) is 12.3. The van der Waals surface area contributed by atoms with Crippen LogP contribution in [-0.2, 0) is 6.42 Å². The molecule has 214 valence electrons. The fourth-order valence-electron chi connectivity index (χ4n) is 3.48. The Labute approximate surface area is 245 Å². The molecule has 0 aliphatic rings. The summed E-state index contributed by atoms with van der Waals surface area (Å²) in [6.45, 7) is 13.8. The summed E-state index contributed by atoms with van der Waals surface area (Å²) in [6.07, 6.45) is 2.23. The molecule has 0 spiro atoms. The first-order chi connectivity index (χ1) is 18.6. The largest absolute Gasteiger partial charge is 0.543 e. The highest BCUT2D eigenvalue weighted by atomic mass is 127. The molecule has 0 atom stereocenters. The van der Waals surface area contributed by atoms with Gasteiger partial charge in [-0.1, -0.05) is 26.8 Å². The van der Waals surface area contributed by atoms with Crippen LogP contribution in [0.2, 0.25) is 18.1 Å². The zero-order chi connectivity index (χ0) is 30.0. The lowest BCUT2D eigenvalue weighted by Gasteiger charge is -2.36. The molecule has 6 nitrogen and oxygen atoms in total. The Morgan fingerprint density at radius 3 is 2.42 bits per heavy atom. The van der Waals surface area contributed by atoms with Gasteiger partial charge in [-0.25, -0.2) is 22.5 Å². The van der Waals surface area contributed by atoms with Gasteiger partial charge >= 0.3 is 0 Å². The smallest absolute Gasteiger partial charge is 0.253 e. The van der Waals surface area contributed by atoms with E-state index in [0.29, 0.717) is 9.32 Å². The van der Waals surface area contributed by atoms with Crippen LogP contribution in [0.15, 0.2) is 43.1 Å². The van der Waals surface area contributed by atoms with E-state index in [9.17, 15) is 9.18 Å². The molecule has 0 aliphatic heterocycles. The number of hydrogen-bond donors (Lipinski definition) is 3. The van der Waals surface area contributed by atoms with Gasteiger partial charge in [0.1, 0.15) is 11.6 Å². The fraction of sp³-hybridized carbons (Fsp3) is 0.286. The quantitative estimate of drug-likeness (QED) is 0.0942. The molecule has 2 aromatic carbocycles. The van der Waals surface area contributed by atoms with E-state index in [1.165, 1.54) is 30.5 Å². The number of amides is 1. The maximum atomic E-state index is 15.6. The van der Waals surface area contributed by atoms with Crippen LogP contribution in [0.25, 0.3) is 0 Å². The Hall–Kier alpha value is -3.13. The lowest BCUT2D eigenvalue weighted by molar-refractivity contribution is 0.0958. The molecular formula is C28H31F4IN4O2Si. The third kappa shape index (κ3) is 6.77. The SMILES string of the molecule is C=CCNC(=O)c1cc(Cc2ccnc(N)c2F)c(F)c(F)c1Nc1cc(O[Si](C)(C)C(C)(C)C)c(I)cc1F. The van der Waals surface area contributed by atoms with Gasteiger partial charge in [0.25, 0.3) is 14.2 Å². The lowest BCUT2D eigenvalue weighted by Crippen LogP contribution is -2.44. The van der Waals surface area contributed by atoms with Crippen LogP contribution in [0.4, 0.5) is 34.8 Å². The second-order valence-electron chi connectivity index (χ2n) is 10.7. The highest BCUT2D eigenvalue weighted by Gasteiger charge is 2.39. The summed E-state index contributed by atoms with van der Waals surface area (Å²) < 4.78 is 67.3. The molecule has 0 fully saturated rings. The van der Waals surface area contributed by atoms with Gasteiger partial charge in [0, 0.05) is 25.2 Å². The van der Waals surface area contributed by atoms with Crippen molar-refractivity contribution in [2.45, 2.75) is 45.3 Å². The van der Waals surface area contributed by atoms with Crippen LogP contribution in [0.5, 0.6) is 5.75 Å². The molecule has 0 bridgehead atoms. The summed E-state index contributed by atoms with van der Waals surface area (Å²) >= 11 is 1.94. The van der Waals surface area contributed by atoms with Crippen molar-refractivity contribution in [2.24, 2.45) is 0 Å². The maximum Gasteiger partial charge on any atom is 0.253 e. The van der Waals surface area contributed by atoms with Gasteiger partial charge in [-0.05, 0) is 70.0 Å². The first kappa shape index (κ1) is 31.4. The van der Waals surface area contributed by atoms with Crippen LogP contribution in [0, 0.1) is 26.8 Å². The number of rotatable bonds is 9. The number of nitrogens with zero attached hydrogens (tertiary/aromatic N) is 1. The summed E-state index contributed by atoms with van der Waals surface area (Å²) in [5.41, 5.74) is 4.04. The number of carbonyl (C=O) groups is 1. The zero-order valence-electron chi connectivity index (χ0n) is 22.8. The normalized spacial score (nSPS) is 11.8. The van der Waals surface area contributed by atoms with Crippen molar-refractivity contribution in [3.63, 3.8) is 0 Å². The van der Waals surface area contributed by atoms with Crippen molar-refractivity contribution in [3.8, 4) is 5.75 Å². The van der Waals surface area contributed by atoms with Gasteiger partial charge in [0.05, 0.1) is 20.5 Å². The monoisotopic (exact) mass is 686 g/mol. The van der Waals surface area contributed by atoms with E-state index in [2.05, 4.69) is 43.0 Å². The van der Waals surface area contributed by atoms with Crippen LogP contribution in [0.1, 0.15) is 42.3 Å². The summed E-state index contributed by atoms with van der Waals surface area (Å²) in [7, 11) is -2.33. The van der Waals surface area contributed by atoms with E-state index >= 15 is 13.2 Å². The molecule has 4 N–H and O–H groups in total. The van der Waals surface area contributed by atoms with Gasteiger partial charge in [0.2, 0.25) is 0 Å². The van der Waals surface area contributed by atoms with Crippen LogP contribution in [0.3, 0.4) is 0 Å². The van der Waals surface area contributed by atoms with Gasteiger partial charge in [-0.3, -0.25) is 4.79 Å². The van der Waals surface area contributed by atoms with Crippen molar-refractivity contribution in [3.05, 3.63) is 86.6 Å². The number of pyridine rings is 1. The second-order valence-corrected chi connectivity index (χ2v) is 16.6. The van der Waals surface area contributed by atoms with Crippen LogP contribution in [-0.4, -0.2) is 25.8 Å². The number of halogens is 5. The van der Waals surface area contributed by atoms with E-state index in [-0.39, 0.29) is 34.0 Å². The summed E-state index contributed by atoms with van der Waals surface area (Å²) in [5.74, 6) is -5.21. The predicted octanol–water partition coefficient (Wildman–Crippen LogP) is 7.46. The zero-order valence-corrected chi connectivity index (χ0v) is 26.0. The Kier molecular flexibility index (Phi) is 9.55. The second kappa shape index (κ2) is 12.2. The highest BCUT2D eigenvalue weighted by molar-refractivity contribution is 14.1. The number of benzene rings is 2. The van der Waals surface area contributed by atoms with E-state index < -0.39 is 55.4 Å². The molecule has 3 aromatic rings. The molecule has 1 heterocycles. The molecule has 1 aromatic heterocycles. The predicted molar refractivity (Wildman–Crippen MR) is 161 cm³/mol. The number of hydrogen-bond acceptors (Lipinski definition) is 5. The number of aromatic nitrogens is 1. The Morgan fingerprint density at radius 2 is 1.80 bits per heavy atom. The van der Waals surface area contributed by atoms with Gasteiger partial charge < -0.3 is 20.8 Å². The number of anilines is 3. The molecule has 0 saturated carbocycles. The van der Waals surface area contributed by atoms with Crippen molar-refractivity contribution < 1.29 is 26.8 Å². The van der Waals surface area contributed by atoms with E-state index in [1.54, 1.807) is 0 Å². The van der Waals surface area contributed by atoms with Crippen LogP contribution < -0.4 is 20.8 Å². The Morgan fingerprint density at radius 1 is 1.12 bits per heavy atom. The highest BCUT2D eigenvalue weighted by Crippen LogP contribution is 2.40. The van der Waals surface area contributed by atoms with Crippen molar-refractivity contribution in [2.75, 3.05) is 17.6 Å². The first-order valence-corrected chi connectivity index (χ1v) is 16.3. The summed E-state index contributed by atoms with van der Waals surface area (Å²) in [5, 5.41) is 4.92. The topological polar surface area (TPSA) is 89.3 Å². The minimum absolute atomic E-state index is 0.0323. The van der Waals surface area contributed by atoms with Crippen molar-refractivity contribution in [1.29, 1.82) is 0 Å². The molecule has 3 rings (SSSR count). The number of nitrogens with two attached hydrogens (primary N) is 1. The van der Waals surface area contributed by atoms with Crippen molar-refractivity contribution >= 4 is 54.0 Å². The van der Waals surface area contributed by atoms with E-state index in [4.69, 9.17) is 10.2 Å².